The Morgan fingerprint density at radius 1 is 0.893 bits per heavy atom. The van der Waals surface area contributed by atoms with Crippen molar-refractivity contribution in [2.45, 2.75) is 82.3 Å². The zero-order valence-electron chi connectivity index (χ0n) is 16.9. The van der Waals surface area contributed by atoms with E-state index in [-0.39, 0.29) is 29.9 Å². The Labute approximate surface area is 187 Å². The number of piperidine rings is 1. The number of nitrogens with one attached hydrogen (secondary N) is 2. The maximum absolute atomic E-state index is 11.7. The van der Waals surface area contributed by atoms with E-state index in [0.717, 1.165) is 18.4 Å². The fraction of sp³-hybridized carbons (Fsp3) is 0.950. The van der Waals surface area contributed by atoms with Crippen molar-refractivity contribution in [3.05, 3.63) is 0 Å². The third-order valence-electron chi connectivity index (χ3n) is 6.71. The quantitative estimate of drug-likeness (QED) is 0.329. The Morgan fingerprint density at radius 3 is 2.11 bits per heavy atom. The molecule has 4 fully saturated rings. The van der Waals surface area contributed by atoms with Gasteiger partial charge in [-0.05, 0) is 50.9 Å². The van der Waals surface area contributed by atoms with Crippen molar-refractivity contribution in [3.63, 3.8) is 0 Å². The minimum absolute atomic E-state index is 0. The van der Waals surface area contributed by atoms with Crippen LogP contribution in [0.2, 0.25) is 0 Å². The largest absolute Gasteiger partial charge is 0.354 e. The first kappa shape index (κ1) is 22.6. The molecule has 1 unspecified atom stereocenters. The molecule has 2 N–H and O–H groups in total. The van der Waals surface area contributed by atoms with Crippen LogP contribution >= 0.6 is 24.0 Å². The first-order valence-corrected chi connectivity index (χ1v) is 12.9. The second kappa shape index (κ2) is 10.3. The molecule has 2 saturated carbocycles. The van der Waals surface area contributed by atoms with Gasteiger partial charge in [-0.1, -0.05) is 19.3 Å². The van der Waals surface area contributed by atoms with Crippen molar-refractivity contribution in [3.8, 4) is 0 Å². The predicted molar refractivity (Wildman–Crippen MR) is 125 cm³/mol. The fourth-order valence-corrected chi connectivity index (χ4v) is 6.70. The van der Waals surface area contributed by atoms with Gasteiger partial charge in [0.05, 0.1) is 11.5 Å². The van der Waals surface area contributed by atoms with Crippen LogP contribution in [-0.2, 0) is 9.84 Å². The number of hydrogen-bond acceptors (Lipinski definition) is 4. The van der Waals surface area contributed by atoms with Crippen LogP contribution in [0.5, 0.6) is 0 Å². The van der Waals surface area contributed by atoms with Crippen LogP contribution in [0, 0.1) is 5.92 Å². The average Bonchev–Trinajstić information content (AvgIpc) is 3.45. The molecule has 8 heteroatoms. The van der Waals surface area contributed by atoms with E-state index in [1.165, 1.54) is 70.9 Å². The number of sulfone groups is 1. The Balaban J connectivity index is 0.00000225. The number of guanidine groups is 1. The molecule has 2 aliphatic heterocycles. The van der Waals surface area contributed by atoms with E-state index in [4.69, 9.17) is 4.99 Å². The predicted octanol–water partition coefficient (Wildman–Crippen LogP) is 2.53. The van der Waals surface area contributed by atoms with Gasteiger partial charge in [0.2, 0.25) is 0 Å². The zero-order valence-corrected chi connectivity index (χ0v) is 20.1. The molecule has 0 amide bonds. The van der Waals surface area contributed by atoms with Gasteiger partial charge in [0.25, 0.3) is 0 Å². The number of aliphatic imine (C=N–C) groups is 1. The molecule has 28 heavy (non-hydrogen) atoms. The summed E-state index contributed by atoms with van der Waals surface area (Å²) in [6.45, 7) is 3.02. The van der Waals surface area contributed by atoms with Crippen LogP contribution in [0.15, 0.2) is 4.99 Å². The number of hydrogen-bond donors (Lipinski definition) is 2. The molecule has 0 radical (unpaired) electrons. The third kappa shape index (κ3) is 6.72. The van der Waals surface area contributed by atoms with Crippen molar-refractivity contribution in [1.29, 1.82) is 0 Å². The highest BCUT2D eigenvalue weighted by Crippen LogP contribution is 2.29. The molecule has 2 aliphatic carbocycles. The lowest BCUT2D eigenvalue weighted by Gasteiger charge is -2.34. The summed E-state index contributed by atoms with van der Waals surface area (Å²) >= 11 is 0. The second-order valence-electron chi connectivity index (χ2n) is 9.12. The minimum atomic E-state index is -2.82. The minimum Gasteiger partial charge on any atom is -0.354 e. The van der Waals surface area contributed by atoms with Gasteiger partial charge < -0.3 is 15.5 Å². The lowest BCUT2D eigenvalue weighted by Crippen LogP contribution is -2.51. The highest BCUT2D eigenvalue weighted by molar-refractivity contribution is 14.0. The van der Waals surface area contributed by atoms with Gasteiger partial charge in [-0.15, -0.1) is 24.0 Å². The molecule has 4 rings (SSSR count). The molecule has 0 aromatic heterocycles. The van der Waals surface area contributed by atoms with Gasteiger partial charge in [0.15, 0.2) is 15.8 Å². The van der Waals surface area contributed by atoms with E-state index in [0.29, 0.717) is 30.1 Å². The molecule has 2 saturated heterocycles. The zero-order chi connectivity index (χ0) is 18.7. The molecule has 1 atom stereocenters. The van der Waals surface area contributed by atoms with E-state index >= 15 is 0 Å². The van der Waals surface area contributed by atoms with Crippen LogP contribution in [-0.4, -0.2) is 68.5 Å². The van der Waals surface area contributed by atoms with E-state index in [2.05, 4.69) is 15.5 Å². The Hall–Kier alpha value is -0.0900. The summed E-state index contributed by atoms with van der Waals surface area (Å²) in [5.74, 6) is 1.77. The fourth-order valence-electron chi connectivity index (χ4n) is 4.85. The molecule has 2 heterocycles. The van der Waals surface area contributed by atoms with Gasteiger partial charge in [-0.2, -0.15) is 0 Å². The van der Waals surface area contributed by atoms with Gasteiger partial charge in [-0.3, -0.25) is 4.99 Å². The van der Waals surface area contributed by atoms with Gasteiger partial charge in [0.1, 0.15) is 0 Å². The standard InChI is InChI=1S/C20H36N4O2S.HI/c25-27(26)13-10-16(15-27)14-21-20(22-17-4-2-1-3-5-17)23-18-8-11-24(12-9-18)19-6-7-19;/h16-19H,1-15H2,(H2,21,22,23);1H. The van der Waals surface area contributed by atoms with Crippen molar-refractivity contribution in [1.82, 2.24) is 15.5 Å². The van der Waals surface area contributed by atoms with Crippen LogP contribution in [0.3, 0.4) is 0 Å². The Morgan fingerprint density at radius 2 is 1.54 bits per heavy atom. The van der Waals surface area contributed by atoms with E-state index in [1.54, 1.807) is 0 Å². The van der Waals surface area contributed by atoms with E-state index < -0.39 is 9.84 Å². The summed E-state index contributed by atoms with van der Waals surface area (Å²) in [6, 6.07) is 1.87. The average molecular weight is 525 g/mol. The molecular weight excluding hydrogens is 487 g/mol. The summed E-state index contributed by atoms with van der Waals surface area (Å²) < 4.78 is 23.5. The van der Waals surface area contributed by atoms with Crippen LogP contribution in [0.25, 0.3) is 0 Å². The van der Waals surface area contributed by atoms with Crippen LogP contribution in [0.4, 0.5) is 0 Å². The highest BCUT2D eigenvalue weighted by Gasteiger charge is 2.32. The lowest BCUT2D eigenvalue weighted by molar-refractivity contribution is 0.197. The number of nitrogens with zero attached hydrogens (tertiary/aromatic N) is 2. The Bertz CT molecular complexity index is 624. The Kier molecular flexibility index (Phi) is 8.30. The topological polar surface area (TPSA) is 73.8 Å². The maximum atomic E-state index is 11.7. The summed E-state index contributed by atoms with van der Waals surface area (Å²) in [7, 11) is -2.82. The normalized spacial score (nSPS) is 30.0. The molecule has 6 nitrogen and oxygen atoms in total. The highest BCUT2D eigenvalue weighted by atomic mass is 127. The molecular formula is C20H37IN4O2S. The van der Waals surface area contributed by atoms with Crippen molar-refractivity contribution in [2.75, 3.05) is 31.1 Å². The lowest BCUT2D eigenvalue weighted by atomic mass is 9.95. The summed E-state index contributed by atoms with van der Waals surface area (Å²) in [5, 5.41) is 7.36. The molecule has 4 aliphatic rings. The number of halogens is 1. The summed E-state index contributed by atoms with van der Waals surface area (Å²) in [5.41, 5.74) is 0. The molecule has 162 valence electrons. The molecule has 0 bridgehead atoms. The van der Waals surface area contributed by atoms with E-state index in [9.17, 15) is 8.42 Å². The molecule has 0 aromatic carbocycles. The maximum Gasteiger partial charge on any atom is 0.191 e. The third-order valence-corrected chi connectivity index (χ3v) is 8.55. The van der Waals surface area contributed by atoms with E-state index in [1.807, 2.05) is 0 Å². The number of likely N-dealkylation sites (tertiary alicyclic amines) is 1. The van der Waals surface area contributed by atoms with Crippen LogP contribution in [0.1, 0.15) is 64.2 Å². The summed E-state index contributed by atoms with van der Waals surface area (Å²) in [4.78, 5) is 7.49. The van der Waals surface area contributed by atoms with Crippen molar-refractivity contribution in [2.24, 2.45) is 10.9 Å². The smallest absolute Gasteiger partial charge is 0.191 e. The first-order chi connectivity index (χ1) is 13.1. The van der Waals surface area contributed by atoms with Crippen LogP contribution < -0.4 is 10.6 Å². The first-order valence-electron chi connectivity index (χ1n) is 11.1. The monoisotopic (exact) mass is 524 g/mol. The van der Waals surface area contributed by atoms with Gasteiger partial charge in [-0.25, -0.2) is 8.42 Å². The SMILES string of the molecule is I.O=S1(=O)CCC(CN=C(NC2CCCCC2)NC2CCN(C3CC3)CC2)C1. The summed E-state index contributed by atoms with van der Waals surface area (Å²) in [6.07, 6.45) is 12.3. The second-order valence-corrected chi connectivity index (χ2v) is 11.4. The van der Waals surface area contributed by atoms with Crippen molar-refractivity contribution >= 4 is 39.8 Å². The van der Waals surface area contributed by atoms with Gasteiger partial charge >= 0.3 is 0 Å². The van der Waals surface area contributed by atoms with Crippen molar-refractivity contribution < 1.29 is 8.42 Å². The number of rotatable bonds is 5. The molecule has 0 spiro atoms. The van der Waals surface area contributed by atoms with Gasteiger partial charge in [0, 0.05) is 37.8 Å². The molecule has 0 aromatic rings.